The van der Waals surface area contributed by atoms with Gasteiger partial charge in [-0.3, -0.25) is 24.1 Å². The number of fused-ring (bicyclic) bond motifs is 1. The number of thioether (sulfide) groups is 1. The number of nitrogens with zero attached hydrogens (tertiary/aromatic N) is 3. The summed E-state index contributed by atoms with van der Waals surface area (Å²) in [4.78, 5) is 80.1. The van der Waals surface area contributed by atoms with Crippen molar-refractivity contribution >= 4 is 47.4 Å². The minimum Gasteiger partial charge on any atom is -0.548 e. The zero-order valence-corrected chi connectivity index (χ0v) is 26.9. The second-order valence-electron chi connectivity index (χ2n) is 10.9. The van der Waals surface area contributed by atoms with Crippen molar-refractivity contribution in [1.29, 1.82) is 0 Å². The Hall–Kier alpha value is -3.79. The molecule has 6 amide bonds. The number of amides is 6. The van der Waals surface area contributed by atoms with Crippen LogP contribution in [-0.4, -0.2) is 95.8 Å². The van der Waals surface area contributed by atoms with Crippen molar-refractivity contribution < 1.29 is 73.6 Å². The van der Waals surface area contributed by atoms with E-state index in [1.165, 1.54) is 39.8 Å². The number of carbonyl (C=O) groups excluding carboxylic acids is 6. The van der Waals surface area contributed by atoms with Crippen LogP contribution in [0.4, 0.5) is 4.79 Å². The van der Waals surface area contributed by atoms with E-state index < -0.39 is 63.9 Å². The molecule has 14 nitrogen and oxygen atoms in total. The number of carbonyl (C=O) groups is 6. The molecule has 0 aliphatic carbocycles. The molecule has 0 aromatic heterocycles. The van der Waals surface area contributed by atoms with E-state index in [-0.39, 0.29) is 60.7 Å². The molecule has 4 atom stereocenters. The summed E-state index contributed by atoms with van der Waals surface area (Å²) >= 11 is 1.22. The smallest absolute Gasteiger partial charge is 0.548 e. The number of hydrogen-bond donors (Lipinski definition) is 4. The van der Waals surface area contributed by atoms with Crippen LogP contribution in [0.5, 0.6) is 11.5 Å². The average Bonchev–Trinajstić information content (AvgIpc) is 3.22. The first-order valence-corrected chi connectivity index (χ1v) is 14.2. The number of benzene rings is 2. The number of urea groups is 1. The van der Waals surface area contributed by atoms with Gasteiger partial charge in [-0.2, -0.15) is 0 Å². The van der Waals surface area contributed by atoms with E-state index in [2.05, 4.69) is 10.6 Å². The van der Waals surface area contributed by atoms with Crippen molar-refractivity contribution in [3.8, 4) is 11.5 Å². The van der Waals surface area contributed by atoms with Gasteiger partial charge >= 0.3 is 47.4 Å². The second-order valence-corrected chi connectivity index (χ2v) is 12.6. The van der Waals surface area contributed by atoms with E-state index in [1.807, 2.05) is 0 Å². The minimum atomic E-state index is -1.40. The maximum Gasteiger partial charge on any atom is 1.00 e. The van der Waals surface area contributed by atoms with Gasteiger partial charge in [0.05, 0.1) is 12.0 Å². The van der Waals surface area contributed by atoms with Crippen LogP contribution in [0.1, 0.15) is 31.0 Å². The third-order valence-electron chi connectivity index (χ3n) is 7.59. The number of aromatic hydroxyl groups is 2. The molecule has 0 saturated carbocycles. The molecule has 0 bridgehead atoms. The fourth-order valence-corrected chi connectivity index (χ4v) is 7.04. The largest absolute Gasteiger partial charge is 1.00 e. The Morgan fingerprint density at radius 3 is 2.34 bits per heavy atom. The summed E-state index contributed by atoms with van der Waals surface area (Å²) in [7, 11) is 0. The Kier molecular flexibility index (Phi) is 9.54. The number of piperazine rings is 1. The van der Waals surface area contributed by atoms with Crippen LogP contribution in [-0.2, 0) is 30.5 Å². The normalized spacial score (nSPS) is 22.8. The van der Waals surface area contributed by atoms with E-state index in [0.29, 0.717) is 16.0 Å². The van der Waals surface area contributed by atoms with E-state index in [4.69, 9.17) is 0 Å². The zero-order chi connectivity index (χ0) is 31.2. The molecule has 3 aliphatic heterocycles. The topological polar surface area (TPSA) is 200 Å². The number of rotatable bonds is 7. The number of nitrogens with one attached hydrogen (secondary N) is 2. The molecule has 3 aliphatic rings. The van der Waals surface area contributed by atoms with Crippen LogP contribution in [0.2, 0.25) is 0 Å². The number of phenolic OH excluding ortho intramolecular Hbond substituents is 2. The van der Waals surface area contributed by atoms with Crippen molar-refractivity contribution in [1.82, 2.24) is 25.3 Å². The summed E-state index contributed by atoms with van der Waals surface area (Å²) in [5.41, 5.74) is 0.794. The predicted octanol–water partition coefficient (Wildman–Crippen LogP) is -3.98. The van der Waals surface area contributed by atoms with E-state index in [1.54, 1.807) is 44.2 Å². The Morgan fingerprint density at radius 2 is 1.70 bits per heavy atom. The van der Waals surface area contributed by atoms with Gasteiger partial charge in [0, 0.05) is 24.4 Å². The number of carboxylic acid groups (broad SMARTS) is 1. The molecule has 3 saturated heterocycles. The van der Waals surface area contributed by atoms with Gasteiger partial charge in [-0.15, -0.1) is 11.8 Å². The standard InChI is InChI=1S/C28H29N5O9S.Na/c1-28(2)20(26(40)41)33-22(37)19(25(33)43-28)29-21(36)18(15-6-4-3-5-7-15)30-27(42)32-11-10-31(23(38)24(32)39)13-14-8-9-16(34)17(35)12-14;/h3-9,12,18-20,25,34-35H,10-11,13H2,1-2H3,(H,29,36)(H,30,42)(H,40,41);/q;+1/p-1/t18?,19-,20+,25-;/m1./s1. The van der Waals surface area contributed by atoms with Gasteiger partial charge in [-0.1, -0.05) is 36.4 Å². The number of carboxylic acids is 1. The number of phenols is 2. The average molecular weight is 634 g/mol. The summed E-state index contributed by atoms with van der Waals surface area (Å²) in [6, 6.07) is 7.50. The monoisotopic (exact) mass is 633 g/mol. The van der Waals surface area contributed by atoms with Gasteiger partial charge < -0.3 is 40.5 Å². The maximum absolute atomic E-state index is 13.5. The van der Waals surface area contributed by atoms with Crippen molar-refractivity contribution in [3.63, 3.8) is 0 Å². The molecule has 5 rings (SSSR count). The number of imide groups is 1. The molecular formula is C28H28N5NaO9S. The Balaban J connectivity index is 0.00000442. The first-order chi connectivity index (χ1) is 20.3. The van der Waals surface area contributed by atoms with Crippen LogP contribution < -0.4 is 45.3 Å². The van der Waals surface area contributed by atoms with Crippen molar-refractivity contribution in [3.05, 3.63) is 59.7 Å². The second kappa shape index (κ2) is 12.7. The maximum atomic E-state index is 13.5. The molecule has 16 heteroatoms. The minimum absolute atomic E-state index is 0. The Labute approximate surface area is 278 Å². The summed E-state index contributed by atoms with van der Waals surface area (Å²) in [5, 5.41) is 35.4. The first-order valence-electron chi connectivity index (χ1n) is 13.3. The summed E-state index contributed by atoms with van der Waals surface area (Å²) in [6.45, 7) is 3.08. The molecule has 4 N–H and O–H groups in total. The van der Waals surface area contributed by atoms with Crippen LogP contribution in [0, 0.1) is 0 Å². The molecule has 2 aromatic rings. The molecule has 44 heavy (non-hydrogen) atoms. The third-order valence-corrected chi connectivity index (χ3v) is 9.16. The van der Waals surface area contributed by atoms with Crippen LogP contribution >= 0.6 is 11.8 Å². The Bertz CT molecular complexity index is 1520. The van der Waals surface area contributed by atoms with Crippen molar-refractivity contribution in [2.75, 3.05) is 13.1 Å². The van der Waals surface area contributed by atoms with Crippen molar-refractivity contribution in [2.24, 2.45) is 0 Å². The Morgan fingerprint density at radius 1 is 1.02 bits per heavy atom. The molecule has 2 aromatic carbocycles. The fraction of sp³-hybridized carbons (Fsp3) is 0.357. The summed E-state index contributed by atoms with van der Waals surface area (Å²) < 4.78 is -0.858. The summed E-state index contributed by atoms with van der Waals surface area (Å²) in [6.07, 6.45) is 0. The fourth-order valence-electron chi connectivity index (χ4n) is 5.42. The van der Waals surface area contributed by atoms with Gasteiger partial charge in [0.2, 0.25) is 11.8 Å². The molecule has 0 spiro atoms. The number of β-lactam (4-membered cyclic amide) rings is 1. The molecular weight excluding hydrogens is 605 g/mol. The predicted molar refractivity (Wildman–Crippen MR) is 148 cm³/mol. The molecule has 3 heterocycles. The molecule has 226 valence electrons. The van der Waals surface area contributed by atoms with Gasteiger partial charge in [0.25, 0.3) is 0 Å². The van der Waals surface area contributed by atoms with Gasteiger partial charge in [-0.05, 0) is 37.1 Å². The first kappa shape index (κ1) is 33.1. The molecule has 1 unspecified atom stereocenters. The molecule has 0 radical (unpaired) electrons. The van der Waals surface area contributed by atoms with Gasteiger partial charge in [0.1, 0.15) is 17.5 Å². The zero-order valence-electron chi connectivity index (χ0n) is 24.1. The van der Waals surface area contributed by atoms with E-state index >= 15 is 0 Å². The quantitative estimate of drug-likeness (QED) is 0.101. The van der Waals surface area contributed by atoms with Crippen LogP contribution in [0.3, 0.4) is 0 Å². The number of hydrogen-bond acceptors (Lipinski definition) is 10. The number of aliphatic carboxylic acids is 1. The SMILES string of the molecule is CC1(C)S[C@@H]2[C@H](NC(=O)C(NC(=O)N3CCN(Cc4ccc(O)c(O)c4)C(=O)C3=O)c3ccccc3)C(=O)N2[C@H]1C(=O)[O-].[Na+]. The van der Waals surface area contributed by atoms with E-state index in [0.717, 1.165) is 0 Å². The van der Waals surface area contributed by atoms with Crippen molar-refractivity contribution in [2.45, 2.75) is 48.6 Å². The van der Waals surface area contributed by atoms with Gasteiger partial charge in [0.15, 0.2) is 11.5 Å². The molecule has 3 fully saturated rings. The van der Waals surface area contributed by atoms with Gasteiger partial charge in [-0.25, -0.2) is 4.79 Å². The van der Waals surface area contributed by atoms with E-state index in [9.17, 15) is 44.1 Å². The third kappa shape index (κ3) is 6.09. The summed E-state index contributed by atoms with van der Waals surface area (Å²) in [5.74, 6) is -5.58. The van der Waals surface area contributed by atoms with Crippen LogP contribution in [0.15, 0.2) is 48.5 Å². The van der Waals surface area contributed by atoms with Crippen LogP contribution in [0.25, 0.3) is 0 Å².